The quantitative estimate of drug-likeness (QED) is 0.240. The maximum absolute atomic E-state index is 12.5. The molecule has 2 aromatic heterocycles. The van der Waals surface area contributed by atoms with Gasteiger partial charge in [0, 0.05) is 16.6 Å². The Kier molecular flexibility index (Phi) is 6.99. The number of amides is 1. The number of thioether (sulfide) groups is 1. The first kappa shape index (κ1) is 21.5. The first-order valence-electron chi connectivity index (χ1n) is 10.4. The van der Waals surface area contributed by atoms with Gasteiger partial charge in [-0.25, -0.2) is 9.97 Å². The van der Waals surface area contributed by atoms with E-state index in [0.717, 1.165) is 38.5 Å². The fourth-order valence-corrected chi connectivity index (χ4v) is 5.16. The molecule has 2 aromatic carbocycles. The van der Waals surface area contributed by atoms with Gasteiger partial charge < -0.3 is 5.32 Å². The number of hydrogen-bond acceptors (Lipinski definition) is 5. The van der Waals surface area contributed by atoms with Crippen LogP contribution in [-0.2, 0) is 11.2 Å². The highest BCUT2D eigenvalue weighted by atomic mass is 32.2. The minimum atomic E-state index is -0.0369. The molecule has 0 aliphatic heterocycles. The minimum absolute atomic E-state index is 0.0369. The number of fused-ring (bicyclic) bond motifs is 1. The molecule has 0 fully saturated rings. The molecule has 4 aromatic rings. The highest BCUT2D eigenvalue weighted by molar-refractivity contribution is 8.00. The Morgan fingerprint density at radius 2 is 1.84 bits per heavy atom. The van der Waals surface area contributed by atoms with Crippen molar-refractivity contribution in [2.24, 2.45) is 0 Å². The third-order valence-corrected chi connectivity index (χ3v) is 6.97. The average molecular weight is 448 g/mol. The third-order valence-electron chi connectivity index (χ3n) is 5.09. The van der Waals surface area contributed by atoms with Crippen LogP contribution >= 0.6 is 23.1 Å². The summed E-state index contributed by atoms with van der Waals surface area (Å²) in [6.07, 6.45) is 5.02. The molecular formula is C25H25N3OS2. The van der Waals surface area contributed by atoms with E-state index in [1.165, 1.54) is 35.7 Å². The Hall–Kier alpha value is -2.70. The summed E-state index contributed by atoms with van der Waals surface area (Å²) in [6.45, 7) is 4.27. The van der Waals surface area contributed by atoms with Crippen molar-refractivity contribution >= 4 is 44.9 Å². The molecule has 158 valence electrons. The number of aromatic nitrogens is 2. The molecule has 0 atom stereocenters. The number of nitrogens with one attached hydrogen (secondary N) is 1. The van der Waals surface area contributed by atoms with Gasteiger partial charge in [0.05, 0.1) is 11.1 Å². The molecule has 0 spiro atoms. The normalized spacial score (nSPS) is 11.0. The van der Waals surface area contributed by atoms with E-state index in [1.807, 2.05) is 12.1 Å². The Morgan fingerprint density at radius 1 is 1.06 bits per heavy atom. The van der Waals surface area contributed by atoms with Crippen LogP contribution in [0.4, 0.5) is 5.69 Å². The summed E-state index contributed by atoms with van der Waals surface area (Å²) in [5.74, 6) is 0.262. The number of benzene rings is 2. The fourth-order valence-electron chi connectivity index (χ4n) is 3.37. The van der Waals surface area contributed by atoms with Crippen molar-refractivity contribution in [3.63, 3.8) is 0 Å². The molecule has 1 amide bonds. The van der Waals surface area contributed by atoms with E-state index in [0.29, 0.717) is 5.75 Å². The van der Waals surface area contributed by atoms with Crippen molar-refractivity contribution in [3.05, 3.63) is 71.4 Å². The zero-order valence-corrected chi connectivity index (χ0v) is 19.4. The maximum Gasteiger partial charge on any atom is 0.234 e. The van der Waals surface area contributed by atoms with Gasteiger partial charge >= 0.3 is 0 Å². The summed E-state index contributed by atoms with van der Waals surface area (Å²) in [5.41, 5.74) is 5.62. The molecule has 0 saturated carbocycles. The van der Waals surface area contributed by atoms with Crippen molar-refractivity contribution < 1.29 is 4.79 Å². The number of hydrogen-bond donors (Lipinski definition) is 1. The Bertz CT molecular complexity index is 1170. The van der Waals surface area contributed by atoms with Crippen molar-refractivity contribution in [2.45, 2.75) is 38.1 Å². The highest BCUT2D eigenvalue weighted by Gasteiger charge is 2.15. The largest absolute Gasteiger partial charge is 0.325 e. The van der Waals surface area contributed by atoms with Crippen molar-refractivity contribution in [1.82, 2.24) is 9.97 Å². The second-order valence-corrected chi connectivity index (χ2v) is 9.33. The van der Waals surface area contributed by atoms with Crippen LogP contribution in [0.2, 0.25) is 0 Å². The SMILES string of the molecule is CCCCc1ccc(NC(=O)CSc2ncnc3scc(-c4ccc(C)cc4)c23)cc1. The molecule has 6 heteroatoms. The number of carbonyl (C=O) groups is 1. The molecule has 0 bridgehead atoms. The second kappa shape index (κ2) is 10.1. The van der Waals surface area contributed by atoms with Gasteiger partial charge in [0.25, 0.3) is 0 Å². The van der Waals surface area contributed by atoms with E-state index in [9.17, 15) is 4.79 Å². The number of thiophene rings is 1. The molecular weight excluding hydrogens is 422 g/mol. The van der Waals surface area contributed by atoms with Crippen molar-refractivity contribution in [1.29, 1.82) is 0 Å². The fraction of sp³-hybridized carbons (Fsp3) is 0.240. The zero-order chi connectivity index (χ0) is 21.6. The lowest BCUT2D eigenvalue weighted by atomic mass is 10.1. The zero-order valence-electron chi connectivity index (χ0n) is 17.7. The van der Waals surface area contributed by atoms with Gasteiger partial charge in [-0.2, -0.15) is 0 Å². The minimum Gasteiger partial charge on any atom is -0.325 e. The van der Waals surface area contributed by atoms with Gasteiger partial charge in [0.1, 0.15) is 16.2 Å². The van der Waals surface area contributed by atoms with Crippen LogP contribution in [-0.4, -0.2) is 21.6 Å². The van der Waals surface area contributed by atoms with Crippen LogP contribution in [0.3, 0.4) is 0 Å². The van der Waals surface area contributed by atoms with E-state index >= 15 is 0 Å². The molecule has 0 aliphatic rings. The Balaban J connectivity index is 1.45. The average Bonchev–Trinajstić information content (AvgIpc) is 3.22. The molecule has 2 heterocycles. The summed E-state index contributed by atoms with van der Waals surface area (Å²) in [4.78, 5) is 22.4. The van der Waals surface area contributed by atoms with Gasteiger partial charge in [-0.15, -0.1) is 11.3 Å². The lowest BCUT2D eigenvalue weighted by Crippen LogP contribution is -2.14. The smallest absolute Gasteiger partial charge is 0.234 e. The predicted octanol–water partition coefficient (Wildman–Crippen LogP) is 6.74. The first-order valence-corrected chi connectivity index (χ1v) is 12.3. The Morgan fingerprint density at radius 3 is 2.58 bits per heavy atom. The van der Waals surface area contributed by atoms with E-state index in [2.05, 4.69) is 70.9 Å². The molecule has 1 N–H and O–H groups in total. The Labute approximate surface area is 191 Å². The van der Waals surface area contributed by atoms with Crippen LogP contribution in [0.1, 0.15) is 30.9 Å². The summed E-state index contributed by atoms with van der Waals surface area (Å²) in [7, 11) is 0. The van der Waals surface area contributed by atoms with Crippen molar-refractivity contribution in [2.75, 3.05) is 11.1 Å². The second-order valence-electron chi connectivity index (χ2n) is 7.51. The van der Waals surface area contributed by atoms with E-state index in [4.69, 9.17) is 0 Å². The summed E-state index contributed by atoms with van der Waals surface area (Å²) >= 11 is 3.06. The van der Waals surface area contributed by atoms with Crippen molar-refractivity contribution in [3.8, 4) is 11.1 Å². The van der Waals surface area contributed by atoms with Gasteiger partial charge in [-0.05, 0) is 43.0 Å². The van der Waals surface area contributed by atoms with Gasteiger partial charge in [0.2, 0.25) is 5.91 Å². The number of aryl methyl sites for hydroxylation is 2. The van der Waals surface area contributed by atoms with E-state index < -0.39 is 0 Å². The van der Waals surface area contributed by atoms with Crippen LogP contribution in [0.15, 0.2) is 65.3 Å². The van der Waals surface area contributed by atoms with Crippen LogP contribution in [0.5, 0.6) is 0 Å². The van der Waals surface area contributed by atoms with Gasteiger partial charge in [-0.1, -0.05) is 67.1 Å². The monoisotopic (exact) mass is 447 g/mol. The first-order chi connectivity index (χ1) is 15.1. The van der Waals surface area contributed by atoms with E-state index in [-0.39, 0.29) is 5.91 Å². The number of rotatable bonds is 8. The summed E-state index contributed by atoms with van der Waals surface area (Å²) in [6, 6.07) is 16.6. The van der Waals surface area contributed by atoms with Gasteiger partial charge in [-0.3, -0.25) is 4.79 Å². The lowest BCUT2D eigenvalue weighted by molar-refractivity contribution is -0.113. The third kappa shape index (κ3) is 5.32. The van der Waals surface area contributed by atoms with Crippen LogP contribution in [0, 0.1) is 6.92 Å². The molecule has 0 radical (unpaired) electrons. The molecule has 0 unspecified atom stereocenters. The molecule has 4 rings (SSSR count). The summed E-state index contributed by atoms with van der Waals surface area (Å²) < 4.78 is 0. The molecule has 4 nitrogen and oxygen atoms in total. The maximum atomic E-state index is 12.5. The number of unbranched alkanes of at least 4 members (excludes halogenated alkanes) is 1. The van der Waals surface area contributed by atoms with E-state index in [1.54, 1.807) is 17.7 Å². The molecule has 0 aliphatic carbocycles. The van der Waals surface area contributed by atoms with Gasteiger partial charge in [0.15, 0.2) is 0 Å². The topological polar surface area (TPSA) is 54.9 Å². The van der Waals surface area contributed by atoms with Crippen LogP contribution < -0.4 is 5.32 Å². The standard InChI is InChI=1S/C25H25N3OS2/c1-3-4-5-18-8-12-20(13-9-18)28-22(29)15-31-25-23-21(14-30-24(23)26-16-27-25)19-10-6-17(2)7-11-19/h6-14,16H,3-5,15H2,1-2H3,(H,28,29). The molecule has 31 heavy (non-hydrogen) atoms. The highest BCUT2D eigenvalue weighted by Crippen LogP contribution is 2.37. The number of anilines is 1. The molecule has 0 saturated heterocycles. The number of nitrogens with zero attached hydrogens (tertiary/aromatic N) is 2. The lowest BCUT2D eigenvalue weighted by Gasteiger charge is -2.08. The van der Waals surface area contributed by atoms with Crippen LogP contribution in [0.25, 0.3) is 21.3 Å². The number of carbonyl (C=O) groups excluding carboxylic acids is 1. The predicted molar refractivity (Wildman–Crippen MR) is 132 cm³/mol. The summed E-state index contributed by atoms with van der Waals surface area (Å²) in [5, 5.41) is 6.97.